The predicted molar refractivity (Wildman–Crippen MR) is 58.9 cm³/mol. The van der Waals surface area contributed by atoms with Crippen LogP contribution in [0.1, 0.15) is 24.0 Å². The monoisotopic (exact) mass is 274 g/mol. The molecule has 0 unspecified atom stereocenters. The molecule has 0 radical (unpaired) electrons. The highest BCUT2D eigenvalue weighted by atomic mass is 19.2. The van der Waals surface area contributed by atoms with E-state index in [2.05, 4.69) is 11.3 Å². The first kappa shape index (κ1) is 13.6. The van der Waals surface area contributed by atoms with Crippen LogP contribution in [0, 0.1) is 29.2 Å². The summed E-state index contributed by atoms with van der Waals surface area (Å²) >= 11 is 0. The third-order valence-corrected chi connectivity index (χ3v) is 2.86. The van der Waals surface area contributed by atoms with Gasteiger partial charge in [0.05, 0.1) is 17.0 Å². The Morgan fingerprint density at radius 3 is 2.11 bits per heavy atom. The lowest BCUT2D eigenvalue weighted by atomic mass is 10.1. The fourth-order valence-corrected chi connectivity index (χ4v) is 1.58. The summed E-state index contributed by atoms with van der Waals surface area (Å²) in [4.78, 5) is 11.2. The first-order chi connectivity index (χ1) is 8.97. The lowest BCUT2D eigenvalue weighted by molar-refractivity contribution is -0.146. The molecule has 0 bridgehead atoms. The average Bonchev–Trinajstić information content (AvgIpc) is 3.21. The number of carbonyl (C=O) groups is 1. The molecule has 19 heavy (non-hydrogen) atoms. The topological polar surface area (TPSA) is 26.3 Å². The number of hydrogen-bond acceptors (Lipinski definition) is 2. The molecule has 1 aliphatic carbocycles. The Bertz CT molecular complexity index is 521. The lowest BCUT2D eigenvalue weighted by Crippen LogP contribution is -2.12. The minimum absolute atomic E-state index is 0.270. The number of ether oxygens (including phenoxy) is 1. The maximum Gasteiger partial charge on any atom is 0.309 e. The fraction of sp³-hybridized carbons (Fsp3) is 0.308. The lowest BCUT2D eigenvalue weighted by Gasteiger charge is -2.10. The van der Waals surface area contributed by atoms with Crippen LogP contribution in [0.25, 0.3) is 6.08 Å². The maximum absolute atomic E-state index is 13.5. The highest BCUT2D eigenvalue weighted by Crippen LogP contribution is 2.31. The Morgan fingerprint density at radius 2 is 1.68 bits per heavy atom. The second kappa shape index (κ2) is 5.03. The second-order valence-corrected chi connectivity index (χ2v) is 4.23. The molecule has 1 aromatic rings. The Kier molecular flexibility index (Phi) is 3.59. The summed E-state index contributed by atoms with van der Waals surface area (Å²) in [6.45, 7) is 2.24. The summed E-state index contributed by atoms with van der Waals surface area (Å²) in [5.41, 5.74) is -1.82. The molecule has 0 spiro atoms. The van der Waals surface area contributed by atoms with Gasteiger partial charge in [-0.2, -0.15) is 0 Å². The molecule has 0 saturated heterocycles. The number of halogens is 4. The zero-order valence-corrected chi connectivity index (χ0v) is 9.81. The normalized spacial score (nSPS) is 14.3. The molecule has 1 fully saturated rings. The number of benzene rings is 1. The summed E-state index contributed by atoms with van der Waals surface area (Å²) in [5.74, 6) is -7.13. The SMILES string of the molecule is C=Cc1c(F)c(F)c(COC(=O)C2CC2)c(F)c1F. The van der Waals surface area contributed by atoms with Gasteiger partial charge in [0.2, 0.25) is 0 Å². The van der Waals surface area contributed by atoms with Crippen LogP contribution in [0.4, 0.5) is 17.6 Å². The fourth-order valence-electron chi connectivity index (χ4n) is 1.58. The van der Waals surface area contributed by atoms with Gasteiger partial charge in [-0.3, -0.25) is 4.79 Å². The smallest absolute Gasteiger partial charge is 0.309 e. The molecular weight excluding hydrogens is 264 g/mol. The third kappa shape index (κ3) is 2.47. The number of hydrogen-bond donors (Lipinski definition) is 0. The Morgan fingerprint density at radius 1 is 1.16 bits per heavy atom. The van der Waals surface area contributed by atoms with Gasteiger partial charge in [0.15, 0.2) is 23.3 Å². The zero-order valence-electron chi connectivity index (χ0n) is 9.81. The van der Waals surface area contributed by atoms with Gasteiger partial charge in [-0.05, 0) is 12.8 Å². The van der Waals surface area contributed by atoms with Crippen LogP contribution in [0.5, 0.6) is 0 Å². The molecule has 6 heteroatoms. The number of carbonyl (C=O) groups excluding carboxylic acids is 1. The second-order valence-electron chi connectivity index (χ2n) is 4.23. The van der Waals surface area contributed by atoms with E-state index in [1.165, 1.54) is 0 Å². The molecule has 102 valence electrons. The van der Waals surface area contributed by atoms with Crippen molar-refractivity contribution in [1.29, 1.82) is 0 Å². The van der Waals surface area contributed by atoms with E-state index in [-0.39, 0.29) is 5.92 Å². The number of esters is 1. The van der Waals surface area contributed by atoms with Crippen molar-refractivity contribution in [3.05, 3.63) is 41.0 Å². The van der Waals surface area contributed by atoms with Gasteiger partial charge >= 0.3 is 5.97 Å². The van der Waals surface area contributed by atoms with Gasteiger partial charge < -0.3 is 4.74 Å². The Labute approximate surface area is 106 Å². The molecule has 0 N–H and O–H groups in total. The van der Waals surface area contributed by atoms with E-state index in [0.29, 0.717) is 18.9 Å². The van der Waals surface area contributed by atoms with Gasteiger partial charge in [0.1, 0.15) is 6.61 Å². The summed E-state index contributed by atoms with van der Waals surface area (Å²) < 4.78 is 58.5. The summed E-state index contributed by atoms with van der Waals surface area (Å²) in [5, 5.41) is 0. The van der Waals surface area contributed by atoms with Crippen molar-refractivity contribution in [3.8, 4) is 0 Å². The maximum atomic E-state index is 13.5. The highest BCUT2D eigenvalue weighted by molar-refractivity contribution is 5.74. The van der Waals surface area contributed by atoms with Crippen molar-refractivity contribution < 1.29 is 27.1 Å². The van der Waals surface area contributed by atoms with Crippen molar-refractivity contribution in [2.45, 2.75) is 19.4 Å². The van der Waals surface area contributed by atoms with Gasteiger partial charge in [-0.1, -0.05) is 12.7 Å². The van der Waals surface area contributed by atoms with Gasteiger partial charge in [0.25, 0.3) is 0 Å². The molecule has 0 amide bonds. The average molecular weight is 274 g/mol. The van der Waals surface area contributed by atoms with E-state index in [1.54, 1.807) is 0 Å². The Balaban J connectivity index is 2.29. The van der Waals surface area contributed by atoms with E-state index in [0.717, 1.165) is 0 Å². The molecule has 0 heterocycles. The van der Waals surface area contributed by atoms with E-state index in [4.69, 9.17) is 0 Å². The minimum atomic E-state index is -1.57. The molecule has 1 aliphatic rings. The molecule has 2 rings (SSSR count). The molecule has 1 aromatic carbocycles. The first-order valence-corrected chi connectivity index (χ1v) is 5.61. The van der Waals surface area contributed by atoms with E-state index in [9.17, 15) is 22.4 Å². The molecule has 0 aliphatic heterocycles. The van der Waals surface area contributed by atoms with E-state index >= 15 is 0 Å². The van der Waals surface area contributed by atoms with Crippen molar-refractivity contribution in [1.82, 2.24) is 0 Å². The summed E-state index contributed by atoms with van der Waals surface area (Å²) in [7, 11) is 0. The van der Waals surface area contributed by atoms with Crippen molar-refractivity contribution in [3.63, 3.8) is 0 Å². The van der Waals surface area contributed by atoms with Crippen molar-refractivity contribution in [2.24, 2.45) is 5.92 Å². The molecule has 0 aromatic heterocycles. The van der Waals surface area contributed by atoms with Crippen molar-refractivity contribution in [2.75, 3.05) is 0 Å². The molecule has 2 nitrogen and oxygen atoms in total. The highest BCUT2D eigenvalue weighted by Gasteiger charge is 2.32. The van der Waals surface area contributed by atoms with Crippen molar-refractivity contribution >= 4 is 12.0 Å². The van der Waals surface area contributed by atoms with Crippen LogP contribution in [0.15, 0.2) is 6.58 Å². The summed E-state index contributed by atoms with van der Waals surface area (Å²) in [6.07, 6.45) is 1.99. The molecular formula is C13H10F4O2. The van der Waals surface area contributed by atoms with Crippen LogP contribution in [0.3, 0.4) is 0 Å². The van der Waals surface area contributed by atoms with Gasteiger partial charge in [0, 0.05) is 0 Å². The van der Waals surface area contributed by atoms with Crippen LogP contribution in [-0.4, -0.2) is 5.97 Å². The quantitative estimate of drug-likeness (QED) is 0.478. The zero-order chi connectivity index (χ0) is 14.2. The van der Waals surface area contributed by atoms with Crippen LogP contribution in [0.2, 0.25) is 0 Å². The van der Waals surface area contributed by atoms with E-state index < -0.39 is 47.0 Å². The van der Waals surface area contributed by atoms with Gasteiger partial charge in [-0.15, -0.1) is 0 Å². The Hall–Kier alpha value is -1.85. The first-order valence-electron chi connectivity index (χ1n) is 5.61. The minimum Gasteiger partial charge on any atom is -0.460 e. The van der Waals surface area contributed by atoms with E-state index in [1.807, 2.05) is 0 Å². The predicted octanol–water partition coefficient (Wildman–Crippen LogP) is 3.34. The summed E-state index contributed by atoms with van der Waals surface area (Å²) in [6, 6.07) is 0. The molecule has 1 saturated carbocycles. The van der Waals surface area contributed by atoms with Crippen LogP contribution < -0.4 is 0 Å². The van der Waals surface area contributed by atoms with Crippen LogP contribution in [-0.2, 0) is 16.1 Å². The molecule has 0 atom stereocenters. The van der Waals surface area contributed by atoms with Crippen LogP contribution >= 0.6 is 0 Å². The third-order valence-electron chi connectivity index (χ3n) is 2.86. The largest absolute Gasteiger partial charge is 0.460 e. The van der Waals surface area contributed by atoms with Gasteiger partial charge in [-0.25, -0.2) is 17.6 Å². The number of rotatable bonds is 4. The standard InChI is InChI=1S/C13H10F4O2/c1-2-7-9(14)11(16)8(12(17)10(7)15)5-19-13(18)6-3-4-6/h2,6H,1,3-5H2.